The SMILES string of the molecule is COc1ccc(NC(=O)c2cc3c(o2)CCCC3=O)c(OC)c1. The van der Waals surface area contributed by atoms with Crippen molar-refractivity contribution in [2.75, 3.05) is 19.5 Å². The molecule has 0 saturated heterocycles. The monoisotopic (exact) mass is 315 g/mol. The van der Waals surface area contributed by atoms with Crippen molar-refractivity contribution in [2.45, 2.75) is 19.3 Å². The molecule has 0 bridgehead atoms. The predicted molar refractivity (Wildman–Crippen MR) is 83.5 cm³/mol. The highest BCUT2D eigenvalue weighted by Gasteiger charge is 2.24. The van der Waals surface area contributed by atoms with Crippen LogP contribution in [0.1, 0.15) is 39.5 Å². The van der Waals surface area contributed by atoms with Gasteiger partial charge < -0.3 is 19.2 Å². The summed E-state index contributed by atoms with van der Waals surface area (Å²) in [6.45, 7) is 0. The number of nitrogens with one attached hydrogen (secondary N) is 1. The van der Waals surface area contributed by atoms with Gasteiger partial charge in [-0.05, 0) is 18.6 Å². The van der Waals surface area contributed by atoms with E-state index in [1.807, 2.05) is 0 Å². The molecule has 0 fully saturated rings. The standard InChI is InChI=1S/C17H17NO5/c1-21-10-6-7-12(15(8-10)22-2)18-17(20)16-9-11-13(19)4-3-5-14(11)23-16/h6-9H,3-5H2,1-2H3,(H,18,20). The van der Waals surface area contributed by atoms with Gasteiger partial charge in [0.15, 0.2) is 11.5 Å². The summed E-state index contributed by atoms with van der Waals surface area (Å²) in [5.74, 6) is 1.42. The minimum atomic E-state index is -0.421. The molecule has 0 unspecified atom stereocenters. The number of anilines is 1. The van der Waals surface area contributed by atoms with Gasteiger partial charge in [0.2, 0.25) is 0 Å². The van der Waals surface area contributed by atoms with Crippen LogP contribution < -0.4 is 14.8 Å². The number of furan rings is 1. The lowest BCUT2D eigenvalue weighted by Gasteiger charge is -2.10. The molecule has 0 atom stereocenters. The van der Waals surface area contributed by atoms with Gasteiger partial charge >= 0.3 is 0 Å². The molecular weight excluding hydrogens is 298 g/mol. The number of benzene rings is 1. The van der Waals surface area contributed by atoms with E-state index in [4.69, 9.17) is 13.9 Å². The number of methoxy groups -OCH3 is 2. The molecule has 1 heterocycles. The van der Waals surface area contributed by atoms with Gasteiger partial charge in [-0.1, -0.05) is 0 Å². The third-order valence-electron chi connectivity index (χ3n) is 3.80. The van der Waals surface area contributed by atoms with Crippen molar-refractivity contribution in [1.29, 1.82) is 0 Å². The Morgan fingerprint density at radius 1 is 1.17 bits per heavy atom. The minimum absolute atomic E-state index is 0.0241. The Kier molecular flexibility index (Phi) is 4.06. The second-order valence-electron chi connectivity index (χ2n) is 5.24. The maximum absolute atomic E-state index is 12.4. The van der Waals surface area contributed by atoms with E-state index in [2.05, 4.69) is 5.32 Å². The molecule has 1 aromatic heterocycles. The van der Waals surface area contributed by atoms with Crippen LogP contribution in [0, 0.1) is 0 Å². The number of Topliss-reactive ketones (excluding diaryl/α,β-unsaturated/α-hetero) is 1. The van der Waals surface area contributed by atoms with E-state index in [0.29, 0.717) is 41.4 Å². The number of aryl methyl sites for hydroxylation is 1. The molecule has 1 aliphatic rings. The molecule has 1 aromatic carbocycles. The van der Waals surface area contributed by atoms with Gasteiger partial charge in [0.25, 0.3) is 5.91 Å². The highest BCUT2D eigenvalue weighted by molar-refractivity contribution is 6.06. The lowest BCUT2D eigenvalue weighted by Crippen LogP contribution is -2.12. The molecule has 6 heteroatoms. The van der Waals surface area contributed by atoms with Gasteiger partial charge in [0.05, 0.1) is 25.5 Å². The average molecular weight is 315 g/mol. The summed E-state index contributed by atoms with van der Waals surface area (Å²) >= 11 is 0. The van der Waals surface area contributed by atoms with Crippen molar-refractivity contribution in [3.63, 3.8) is 0 Å². The Morgan fingerprint density at radius 2 is 2.00 bits per heavy atom. The molecule has 0 saturated carbocycles. The third-order valence-corrected chi connectivity index (χ3v) is 3.80. The Morgan fingerprint density at radius 3 is 2.70 bits per heavy atom. The predicted octanol–water partition coefficient (Wildman–Crippen LogP) is 3.07. The molecule has 0 aliphatic heterocycles. The molecule has 1 aliphatic carbocycles. The molecule has 1 N–H and O–H groups in total. The summed E-state index contributed by atoms with van der Waals surface area (Å²) < 4.78 is 15.9. The van der Waals surface area contributed by atoms with Crippen molar-refractivity contribution < 1.29 is 23.5 Å². The van der Waals surface area contributed by atoms with Gasteiger partial charge in [-0.15, -0.1) is 0 Å². The lowest BCUT2D eigenvalue weighted by atomic mass is 9.97. The van der Waals surface area contributed by atoms with E-state index < -0.39 is 5.91 Å². The normalized spacial score (nSPS) is 13.4. The molecule has 3 rings (SSSR count). The van der Waals surface area contributed by atoms with E-state index in [1.165, 1.54) is 13.2 Å². The number of fused-ring (bicyclic) bond motifs is 1. The number of hydrogen-bond donors (Lipinski definition) is 1. The lowest BCUT2D eigenvalue weighted by molar-refractivity contribution is 0.0963. The molecule has 120 valence electrons. The highest BCUT2D eigenvalue weighted by Crippen LogP contribution is 2.30. The summed E-state index contributed by atoms with van der Waals surface area (Å²) in [4.78, 5) is 24.2. The number of hydrogen-bond acceptors (Lipinski definition) is 5. The quantitative estimate of drug-likeness (QED) is 0.938. The molecule has 0 spiro atoms. The number of carbonyl (C=O) groups is 2. The van der Waals surface area contributed by atoms with Crippen molar-refractivity contribution in [3.8, 4) is 11.5 Å². The summed E-state index contributed by atoms with van der Waals surface area (Å²) in [6, 6.07) is 6.59. The van der Waals surface area contributed by atoms with E-state index in [-0.39, 0.29) is 11.5 Å². The second-order valence-corrected chi connectivity index (χ2v) is 5.24. The number of amides is 1. The number of ether oxygens (including phenoxy) is 2. The van der Waals surface area contributed by atoms with Crippen molar-refractivity contribution in [2.24, 2.45) is 0 Å². The number of carbonyl (C=O) groups excluding carboxylic acids is 2. The molecule has 2 aromatic rings. The minimum Gasteiger partial charge on any atom is -0.497 e. The molecule has 0 radical (unpaired) electrons. The molecule has 23 heavy (non-hydrogen) atoms. The van der Waals surface area contributed by atoms with E-state index in [1.54, 1.807) is 25.3 Å². The van der Waals surface area contributed by atoms with E-state index >= 15 is 0 Å². The Balaban J connectivity index is 1.83. The molecule has 1 amide bonds. The Bertz CT molecular complexity index is 762. The molecule has 6 nitrogen and oxygen atoms in total. The van der Waals surface area contributed by atoms with Gasteiger partial charge in [-0.25, -0.2) is 0 Å². The first-order valence-electron chi connectivity index (χ1n) is 7.31. The van der Waals surface area contributed by atoms with Crippen molar-refractivity contribution in [1.82, 2.24) is 0 Å². The van der Waals surface area contributed by atoms with Crippen LogP contribution in [0.25, 0.3) is 0 Å². The Labute approximate surface area is 133 Å². The summed E-state index contributed by atoms with van der Waals surface area (Å²) in [7, 11) is 3.06. The average Bonchev–Trinajstić information content (AvgIpc) is 3.01. The van der Waals surface area contributed by atoms with Crippen LogP contribution in [0.3, 0.4) is 0 Å². The largest absolute Gasteiger partial charge is 0.497 e. The Hall–Kier alpha value is -2.76. The maximum atomic E-state index is 12.4. The van der Waals surface area contributed by atoms with E-state index in [0.717, 1.165) is 6.42 Å². The molecular formula is C17H17NO5. The van der Waals surface area contributed by atoms with Gasteiger partial charge in [0, 0.05) is 25.0 Å². The first-order valence-corrected chi connectivity index (χ1v) is 7.31. The first-order chi connectivity index (χ1) is 11.1. The fourth-order valence-corrected chi connectivity index (χ4v) is 2.59. The van der Waals surface area contributed by atoms with Gasteiger partial charge in [-0.2, -0.15) is 0 Å². The zero-order valence-corrected chi connectivity index (χ0v) is 13.0. The topological polar surface area (TPSA) is 77.8 Å². The van der Waals surface area contributed by atoms with Crippen LogP contribution in [0.15, 0.2) is 28.7 Å². The maximum Gasteiger partial charge on any atom is 0.291 e. The first kappa shape index (κ1) is 15.1. The van der Waals surface area contributed by atoms with Crippen molar-refractivity contribution in [3.05, 3.63) is 41.3 Å². The van der Waals surface area contributed by atoms with Crippen LogP contribution in [0.2, 0.25) is 0 Å². The van der Waals surface area contributed by atoms with Crippen LogP contribution in [-0.2, 0) is 6.42 Å². The highest BCUT2D eigenvalue weighted by atomic mass is 16.5. The second kappa shape index (κ2) is 6.16. The fraction of sp³-hybridized carbons (Fsp3) is 0.294. The number of rotatable bonds is 4. The van der Waals surface area contributed by atoms with Crippen molar-refractivity contribution >= 4 is 17.4 Å². The summed E-state index contributed by atoms with van der Waals surface area (Å²) in [6.07, 6.45) is 1.94. The van der Waals surface area contributed by atoms with Crippen LogP contribution in [0.4, 0.5) is 5.69 Å². The van der Waals surface area contributed by atoms with Gasteiger partial charge in [0.1, 0.15) is 17.3 Å². The summed E-state index contributed by atoms with van der Waals surface area (Å²) in [5, 5.41) is 2.73. The zero-order chi connectivity index (χ0) is 16.4. The van der Waals surface area contributed by atoms with Crippen LogP contribution in [-0.4, -0.2) is 25.9 Å². The van der Waals surface area contributed by atoms with Gasteiger partial charge in [-0.3, -0.25) is 9.59 Å². The smallest absolute Gasteiger partial charge is 0.291 e. The fourth-order valence-electron chi connectivity index (χ4n) is 2.59. The summed E-state index contributed by atoms with van der Waals surface area (Å²) in [5.41, 5.74) is 1.02. The van der Waals surface area contributed by atoms with Crippen LogP contribution >= 0.6 is 0 Å². The third kappa shape index (κ3) is 2.92. The van der Waals surface area contributed by atoms with Crippen LogP contribution in [0.5, 0.6) is 11.5 Å². The zero-order valence-electron chi connectivity index (χ0n) is 13.0. The number of ketones is 1. The van der Waals surface area contributed by atoms with E-state index in [9.17, 15) is 9.59 Å².